The molecule has 0 saturated heterocycles. The van der Waals surface area contributed by atoms with E-state index in [0.29, 0.717) is 29.9 Å². The molecule has 7 nitrogen and oxygen atoms in total. The van der Waals surface area contributed by atoms with Crippen LogP contribution in [0.1, 0.15) is 66.4 Å². The number of nitrogens with two attached hydrogens (primary N) is 1. The van der Waals surface area contributed by atoms with Gasteiger partial charge < -0.3 is 14.6 Å². The van der Waals surface area contributed by atoms with E-state index in [1.807, 2.05) is 12.1 Å². The number of aromatic hydroxyl groups is 1. The number of ether oxygens (including phenoxy) is 2. The van der Waals surface area contributed by atoms with E-state index in [1.165, 1.54) is 5.56 Å². The lowest BCUT2D eigenvalue weighted by atomic mass is 9.55. The maximum atomic E-state index is 14.1. The van der Waals surface area contributed by atoms with Crippen LogP contribution in [0.15, 0.2) is 29.2 Å². The number of benzene rings is 2. The second-order valence-corrected chi connectivity index (χ2v) is 12.4. The first-order chi connectivity index (χ1) is 16.9. The van der Waals surface area contributed by atoms with Gasteiger partial charge in [0.2, 0.25) is 10.0 Å². The monoisotopic (exact) mass is 537 g/mol. The first kappa shape index (κ1) is 25.3. The molecule has 2 saturated carbocycles. The van der Waals surface area contributed by atoms with E-state index < -0.39 is 26.7 Å². The quantitative estimate of drug-likeness (QED) is 0.535. The normalized spacial score (nSPS) is 29.1. The molecule has 3 N–H and O–H groups in total. The van der Waals surface area contributed by atoms with Crippen LogP contribution >= 0.6 is 11.6 Å². The van der Waals surface area contributed by atoms with Crippen LogP contribution in [0.25, 0.3) is 0 Å². The Balaban J connectivity index is 1.39. The molecule has 5 rings (SSSR count). The van der Waals surface area contributed by atoms with Gasteiger partial charge in [0.1, 0.15) is 16.8 Å². The van der Waals surface area contributed by atoms with Crippen molar-refractivity contribution in [2.45, 2.75) is 62.4 Å². The van der Waals surface area contributed by atoms with E-state index in [2.05, 4.69) is 6.92 Å². The largest absolute Gasteiger partial charge is 0.504 e. The third-order valence-corrected chi connectivity index (χ3v) is 9.97. The number of primary sulfonamides is 1. The highest BCUT2D eigenvalue weighted by Crippen LogP contribution is 2.62. The van der Waals surface area contributed by atoms with Crippen molar-refractivity contribution < 1.29 is 32.2 Å². The maximum Gasteiger partial charge on any atom is 0.339 e. The van der Waals surface area contributed by atoms with Gasteiger partial charge in [-0.2, -0.15) is 0 Å². The smallest absolute Gasteiger partial charge is 0.339 e. The molecule has 0 amide bonds. The molecule has 5 atom stereocenters. The Kier molecular flexibility index (Phi) is 6.24. The zero-order valence-corrected chi connectivity index (χ0v) is 21.7. The number of hydrogen-bond donors (Lipinski definition) is 2. The van der Waals surface area contributed by atoms with Crippen LogP contribution in [0.3, 0.4) is 0 Å². The summed E-state index contributed by atoms with van der Waals surface area (Å²) in [5.74, 6) is -0.159. The Bertz CT molecular complexity index is 1350. The third kappa shape index (κ3) is 4.05. The van der Waals surface area contributed by atoms with Crippen molar-refractivity contribution in [1.82, 2.24) is 0 Å². The highest BCUT2D eigenvalue weighted by atomic mass is 35.5. The standard InChI is InChI=1S/C26H29ClFNO6S/c1-26-8-7-14-15(4-3-13-9-21(30)22(34-2)10-16(13)14)18(26)5-6-24(26)35-25(31)17-11-23(36(29,32)33)20(28)12-19(17)27/h9-12,14-15,18,24,30H,3-8H2,1-2H3,(H2,29,32,33)/t14?,15?,18?,24-,26-/m0/s1. The van der Waals surface area contributed by atoms with Crippen molar-refractivity contribution in [2.75, 3.05) is 7.11 Å². The highest BCUT2D eigenvalue weighted by Gasteiger charge is 2.56. The second kappa shape index (κ2) is 8.89. The van der Waals surface area contributed by atoms with E-state index in [0.717, 1.165) is 49.8 Å². The van der Waals surface area contributed by atoms with Gasteiger partial charge in [0, 0.05) is 5.41 Å². The molecular formula is C26H29ClFNO6S. The molecular weight excluding hydrogens is 509 g/mol. The number of phenolic OH excluding ortho intramolecular Hbond substituents is 1. The van der Waals surface area contributed by atoms with Crippen molar-refractivity contribution in [2.24, 2.45) is 22.4 Å². The van der Waals surface area contributed by atoms with Gasteiger partial charge in [-0.05, 0) is 91.7 Å². The van der Waals surface area contributed by atoms with Crippen LogP contribution in [-0.4, -0.2) is 32.7 Å². The fourth-order valence-corrected chi connectivity index (χ4v) is 7.83. The van der Waals surface area contributed by atoms with Gasteiger partial charge in [-0.3, -0.25) is 0 Å². The molecule has 0 radical (unpaired) electrons. The number of methoxy groups -OCH3 is 1. The van der Waals surface area contributed by atoms with E-state index in [-0.39, 0.29) is 27.9 Å². The lowest BCUT2D eigenvalue weighted by Gasteiger charge is -2.50. The predicted octanol–water partition coefficient (Wildman–Crippen LogP) is 4.92. The van der Waals surface area contributed by atoms with Crippen LogP contribution in [0.4, 0.5) is 4.39 Å². The van der Waals surface area contributed by atoms with Gasteiger partial charge >= 0.3 is 5.97 Å². The summed E-state index contributed by atoms with van der Waals surface area (Å²) in [4.78, 5) is 12.3. The summed E-state index contributed by atoms with van der Waals surface area (Å²) in [5, 5.41) is 15.1. The first-order valence-corrected chi connectivity index (χ1v) is 14.0. The molecule has 36 heavy (non-hydrogen) atoms. The molecule has 3 aliphatic rings. The zero-order valence-electron chi connectivity index (χ0n) is 20.1. The molecule has 0 aromatic heterocycles. The van der Waals surface area contributed by atoms with Gasteiger partial charge in [0.15, 0.2) is 11.5 Å². The van der Waals surface area contributed by atoms with Crippen molar-refractivity contribution >= 4 is 27.6 Å². The summed E-state index contributed by atoms with van der Waals surface area (Å²) in [7, 11) is -2.83. The fourth-order valence-electron chi connectivity index (χ4n) is 6.99. The Morgan fingerprint density at radius 1 is 1.19 bits per heavy atom. The first-order valence-electron chi connectivity index (χ1n) is 12.1. The number of halogens is 2. The van der Waals surface area contributed by atoms with Gasteiger partial charge in [0.25, 0.3) is 0 Å². The minimum atomic E-state index is -4.38. The number of esters is 1. The van der Waals surface area contributed by atoms with Crippen molar-refractivity contribution in [1.29, 1.82) is 0 Å². The number of hydrogen-bond acceptors (Lipinski definition) is 6. The molecule has 10 heteroatoms. The number of rotatable bonds is 4. The van der Waals surface area contributed by atoms with Crippen LogP contribution < -0.4 is 9.88 Å². The highest BCUT2D eigenvalue weighted by molar-refractivity contribution is 7.89. The molecule has 3 aliphatic carbocycles. The number of sulfonamides is 1. The minimum absolute atomic E-state index is 0.160. The lowest BCUT2D eigenvalue weighted by molar-refractivity contribution is -0.0428. The van der Waals surface area contributed by atoms with Crippen molar-refractivity contribution in [3.8, 4) is 11.5 Å². The number of aryl methyl sites for hydroxylation is 1. The summed E-state index contributed by atoms with van der Waals surface area (Å²) in [6.07, 6.45) is 4.84. The molecule has 0 bridgehead atoms. The minimum Gasteiger partial charge on any atom is -0.504 e. The van der Waals surface area contributed by atoms with Gasteiger partial charge in [0.05, 0.1) is 17.7 Å². The summed E-state index contributed by atoms with van der Waals surface area (Å²) in [6.45, 7) is 2.16. The SMILES string of the molecule is COc1cc2c(cc1O)CCC1C2CC[C@@]2(C)C1CC[C@@H]2OC(=O)c1cc(S(N)(=O)=O)c(F)cc1Cl. The average molecular weight is 538 g/mol. The number of carbonyl (C=O) groups excluding carboxylic acids is 1. The van der Waals surface area contributed by atoms with E-state index >= 15 is 0 Å². The molecule has 0 spiro atoms. The van der Waals surface area contributed by atoms with Crippen molar-refractivity contribution in [3.63, 3.8) is 0 Å². The summed E-state index contributed by atoms with van der Waals surface area (Å²) in [5.41, 5.74) is 1.93. The summed E-state index contributed by atoms with van der Waals surface area (Å²) >= 11 is 6.07. The molecule has 0 aliphatic heterocycles. The van der Waals surface area contributed by atoms with E-state index in [9.17, 15) is 22.7 Å². The molecule has 2 aromatic carbocycles. The van der Waals surface area contributed by atoms with Crippen LogP contribution in [-0.2, 0) is 21.2 Å². The molecule has 2 fully saturated rings. The zero-order chi connectivity index (χ0) is 26.0. The van der Waals surface area contributed by atoms with Crippen LogP contribution in [0.5, 0.6) is 11.5 Å². The second-order valence-electron chi connectivity index (χ2n) is 10.5. The molecule has 3 unspecified atom stereocenters. The predicted molar refractivity (Wildman–Crippen MR) is 131 cm³/mol. The molecule has 0 heterocycles. The topological polar surface area (TPSA) is 116 Å². The Hall–Kier alpha value is -2.36. The van der Waals surface area contributed by atoms with Crippen LogP contribution in [0.2, 0.25) is 5.02 Å². The average Bonchev–Trinajstić information content (AvgIpc) is 3.13. The number of fused-ring (bicyclic) bond motifs is 5. The lowest BCUT2D eigenvalue weighted by Crippen LogP contribution is -2.45. The summed E-state index contributed by atoms with van der Waals surface area (Å²) < 4.78 is 48.8. The number of carbonyl (C=O) groups is 1. The maximum absolute atomic E-state index is 14.1. The Labute approximate surface area is 214 Å². The fraction of sp³-hybridized carbons (Fsp3) is 0.500. The Morgan fingerprint density at radius 3 is 2.64 bits per heavy atom. The Morgan fingerprint density at radius 2 is 1.94 bits per heavy atom. The van der Waals surface area contributed by atoms with Gasteiger partial charge in [-0.1, -0.05) is 18.5 Å². The van der Waals surface area contributed by atoms with E-state index in [4.69, 9.17) is 26.2 Å². The van der Waals surface area contributed by atoms with Gasteiger partial charge in [-0.25, -0.2) is 22.7 Å². The van der Waals surface area contributed by atoms with E-state index in [1.54, 1.807) is 7.11 Å². The molecule has 194 valence electrons. The van der Waals surface area contributed by atoms with Gasteiger partial charge in [-0.15, -0.1) is 0 Å². The van der Waals surface area contributed by atoms with Crippen LogP contribution in [0, 0.1) is 23.1 Å². The third-order valence-electron chi connectivity index (χ3n) is 8.73. The summed E-state index contributed by atoms with van der Waals surface area (Å²) in [6, 6.07) is 5.41. The molecule has 2 aromatic rings. The number of phenols is 1. The van der Waals surface area contributed by atoms with Crippen molar-refractivity contribution in [3.05, 3.63) is 51.8 Å².